The molecule has 5 heteroatoms. The molecule has 0 saturated carbocycles. The van der Waals surface area contributed by atoms with Crippen molar-refractivity contribution in [2.75, 3.05) is 35.6 Å². The summed E-state index contributed by atoms with van der Waals surface area (Å²) in [6, 6.07) is 6.07. The van der Waals surface area contributed by atoms with E-state index in [1.165, 1.54) is 29.8 Å². The van der Waals surface area contributed by atoms with Gasteiger partial charge in [-0.15, -0.1) is 0 Å². The molecule has 106 valence electrons. The summed E-state index contributed by atoms with van der Waals surface area (Å²) in [7, 11) is -1.60. The molecular formula is C14H22N2O2S. The molecule has 4 nitrogen and oxygen atoms in total. The number of anilines is 2. The van der Waals surface area contributed by atoms with Gasteiger partial charge in [-0.05, 0) is 43.9 Å². The molecule has 0 bridgehead atoms. The fourth-order valence-corrected chi connectivity index (χ4v) is 3.02. The molecule has 0 spiro atoms. The highest BCUT2D eigenvalue weighted by Crippen LogP contribution is 2.28. The van der Waals surface area contributed by atoms with Crippen LogP contribution in [0.3, 0.4) is 0 Å². The molecule has 0 aromatic heterocycles. The van der Waals surface area contributed by atoms with Crippen LogP contribution in [0.15, 0.2) is 18.2 Å². The van der Waals surface area contributed by atoms with Gasteiger partial charge in [-0.2, -0.15) is 0 Å². The lowest BCUT2D eigenvalue weighted by atomic mass is 10.1. The smallest absolute Gasteiger partial charge is 0.232 e. The lowest BCUT2D eigenvalue weighted by Crippen LogP contribution is -2.30. The van der Waals surface area contributed by atoms with E-state index in [1.807, 2.05) is 19.1 Å². The van der Waals surface area contributed by atoms with Gasteiger partial charge in [0.15, 0.2) is 0 Å². The summed E-state index contributed by atoms with van der Waals surface area (Å²) < 4.78 is 24.7. The Morgan fingerprint density at radius 3 is 2.37 bits per heavy atom. The van der Waals surface area contributed by atoms with Crippen LogP contribution in [0.1, 0.15) is 24.8 Å². The van der Waals surface area contributed by atoms with E-state index in [1.54, 1.807) is 7.05 Å². The number of piperidine rings is 1. The summed E-state index contributed by atoms with van der Waals surface area (Å²) in [6.45, 7) is 4.06. The highest BCUT2D eigenvalue weighted by atomic mass is 32.2. The van der Waals surface area contributed by atoms with Crippen LogP contribution < -0.4 is 9.21 Å². The number of hydrogen-bond donors (Lipinski definition) is 0. The van der Waals surface area contributed by atoms with Crippen LogP contribution in [-0.4, -0.2) is 34.8 Å². The zero-order chi connectivity index (χ0) is 14.0. The van der Waals surface area contributed by atoms with E-state index >= 15 is 0 Å². The van der Waals surface area contributed by atoms with E-state index in [4.69, 9.17) is 0 Å². The van der Waals surface area contributed by atoms with Gasteiger partial charge >= 0.3 is 0 Å². The molecule has 0 aliphatic carbocycles. The van der Waals surface area contributed by atoms with Crippen molar-refractivity contribution in [3.05, 3.63) is 23.8 Å². The summed E-state index contributed by atoms with van der Waals surface area (Å²) in [6.07, 6.45) is 4.95. The Bertz CT molecular complexity index is 549. The van der Waals surface area contributed by atoms with E-state index in [0.29, 0.717) is 0 Å². The molecule has 2 rings (SSSR count). The van der Waals surface area contributed by atoms with Crippen molar-refractivity contribution in [1.82, 2.24) is 0 Å². The summed E-state index contributed by atoms with van der Waals surface area (Å²) in [4.78, 5) is 2.34. The van der Waals surface area contributed by atoms with E-state index in [9.17, 15) is 8.42 Å². The first kappa shape index (κ1) is 14.2. The van der Waals surface area contributed by atoms with Gasteiger partial charge in [0.25, 0.3) is 0 Å². The quantitative estimate of drug-likeness (QED) is 0.854. The standard InChI is InChI=1S/C14H22N2O2S/c1-12-7-8-13(16-9-5-4-6-10-16)11-14(12)15(2)19(3,17)18/h7-8,11H,4-6,9-10H2,1-3H3. The Morgan fingerprint density at radius 1 is 1.16 bits per heavy atom. The van der Waals surface area contributed by atoms with Crippen molar-refractivity contribution in [1.29, 1.82) is 0 Å². The molecule has 0 amide bonds. The lowest BCUT2D eigenvalue weighted by Gasteiger charge is -2.30. The first-order valence-electron chi connectivity index (χ1n) is 6.69. The van der Waals surface area contributed by atoms with Crippen molar-refractivity contribution in [2.45, 2.75) is 26.2 Å². The van der Waals surface area contributed by atoms with E-state index in [2.05, 4.69) is 11.0 Å². The van der Waals surface area contributed by atoms with E-state index < -0.39 is 10.0 Å². The van der Waals surface area contributed by atoms with Crippen LogP contribution in [0.25, 0.3) is 0 Å². The van der Waals surface area contributed by atoms with Crippen LogP contribution in [0.4, 0.5) is 11.4 Å². The highest BCUT2D eigenvalue weighted by Gasteiger charge is 2.17. The van der Waals surface area contributed by atoms with E-state index in [-0.39, 0.29) is 0 Å². The number of sulfonamides is 1. The minimum atomic E-state index is -3.21. The Labute approximate surface area is 116 Å². The Kier molecular flexibility index (Phi) is 4.04. The van der Waals surface area contributed by atoms with Crippen LogP contribution in [0.5, 0.6) is 0 Å². The Hall–Kier alpha value is -1.23. The first-order valence-corrected chi connectivity index (χ1v) is 8.54. The number of nitrogens with zero attached hydrogens (tertiary/aromatic N) is 2. The summed E-state index contributed by atoms with van der Waals surface area (Å²) in [5.41, 5.74) is 2.87. The molecule has 1 aliphatic rings. The zero-order valence-electron chi connectivity index (χ0n) is 11.9. The monoisotopic (exact) mass is 282 g/mol. The molecule has 1 heterocycles. The van der Waals surface area contributed by atoms with Crippen LogP contribution in [0.2, 0.25) is 0 Å². The molecule has 0 radical (unpaired) electrons. The Morgan fingerprint density at radius 2 is 1.79 bits per heavy atom. The summed E-state index contributed by atoms with van der Waals surface area (Å²) >= 11 is 0. The van der Waals surface area contributed by atoms with E-state index in [0.717, 1.165) is 30.0 Å². The van der Waals surface area contributed by atoms with Gasteiger partial charge in [0.1, 0.15) is 0 Å². The van der Waals surface area contributed by atoms with Crippen molar-refractivity contribution in [2.24, 2.45) is 0 Å². The molecule has 0 N–H and O–H groups in total. The second-order valence-electron chi connectivity index (χ2n) is 5.25. The van der Waals surface area contributed by atoms with Gasteiger partial charge in [0.05, 0.1) is 11.9 Å². The molecule has 1 fully saturated rings. The first-order chi connectivity index (χ1) is 8.89. The second-order valence-corrected chi connectivity index (χ2v) is 7.26. The maximum Gasteiger partial charge on any atom is 0.232 e. The fraction of sp³-hybridized carbons (Fsp3) is 0.571. The van der Waals surface area contributed by atoms with Crippen LogP contribution in [0, 0.1) is 6.92 Å². The molecule has 1 aromatic rings. The van der Waals surface area contributed by atoms with Gasteiger partial charge in [-0.25, -0.2) is 8.42 Å². The molecule has 0 atom stereocenters. The predicted molar refractivity (Wildman–Crippen MR) is 80.5 cm³/mol. The SMILES string of the molecule is Cc1ccc(N2CCCCC2)cc1N(C)S(C)(=O)=O. The van der Waals surface area contributed by atoms with Crippen LogP contribution >= 0.6 is 0 Å². The molecule has 0 unspecified atom stereocenters. The fourth-order valence-electron chi connectivity index (χ4n) is 2.46. The molecule has 1 saturated heterocycles. The summed E-state index contributed by atoms with van der Waals surface area (Å²) in [5.74, 6) is 0. The maximum atomic E-state index is 11.7. The number of rotatable bonds is 3. The number of hydrogen-bond acceptors (Lipinski definition) is 3. The Balaban J connectivity index is 2.34. The zero-order valence-corrected chi connectivity index (χ0v) is 12.7. The topological polar surface area (TPSA) is 40.6 Å². The van der Waals surface area contributed by atoms with Gasteiger partial charge < -0.3 is 4.90 Å². The second kappa shape index (κ2) is 5.41. The molecule has 1 aromatic carbocycles. The van der Waals surface area contributed by atoms with Gasteiger partial charge in [-0.1, -0.05) is 6.07 Å². The molecule has 19 heavy (non-hydrogen) atoms. The predicted octanol–water partition coefficient (Wildman–Crippen LogP) is 2.38. The minimum Gasteiger partial charge on any atom is -0.371 e. The van der Waals surface area contributed by atoms with Crippen molar-refractivity contribution < 1.29 is 8.42 Å². The molecule has 1 aliphatic heterocycles. The number of aryl methyl sites for hydroxylation is 1. The third-order valence-corrected chi connectivity index (χ3v) is 4.94. The van der Waals surface area contributed by atoms with Crippen molar-refractivity contribution in [3.63, 3.8) is 0 Å². The van der Waals surface area contributed by atoms with Crippen LogP contribution in [-0.2, 0) is 10.0 Å². The summed E-state index contributed by atoms with van der Waals surface area (Å²) in [5, 5.41) is 0. The number of benzene rings is 1. The third-order valence-electron chi connectivity index (χ3n) is 3.75. The lowest BCUT2D eigenvalue weighted by molar-refractivity contribution is 0.578. The van der Waals surface area contributed by atoms with Gasteiger partial charge in [-0.3, -0.25) is 4.31 Å². The average molecular weight is 282 g/mol. The normalized spacial score (nSPS) is 16.5. The minimum absolute atomic E-state index is 0.769. The maximum absolute atomic E-state index is 11.7. The largest absolute Gasteiger partial charge is 0.371 e. The van der Waals surface area contributed by atoms with Crippen molar-refractivity contribution >= 4 is 21.4 Å². The van der Waals surface area contributed by atoms with Gasteiger partial charge in [0, 0.05) is 25.8 Å². The molecular weight excluding hydrogens is 260 g/mol. The van der Waals surface area contributed by atoms with Gasteiger partial charge in [0.2, 0.25) is 10.0 Å². The average Bonchev–Trinajstić information content (AvgIpc) is 2.38. The van der Waals surface area contributed by atoms with Crippen molar-refractivity contribution in [3.8, 4) is 0 Å². The highest BCUT2D eigenvalue weighted by molar-refractivity contribution is 7.92. The third kappa shape index (κ3) is 3.21.